The number of amides is 1. The van der Waals surface area contributed by atoms with Crippen LogP contribution in [0.3, 0.4) is 0 Å². The van der Waals surface area contributed by atoms with Gasteiger partial charge in [-0.05, 0) is 38.1 Å². The molecule has 1 amide bonds. The van der Waals surface area contributed by atoms with Crippen LogP contribution in [-0.2, 0) is 4.79 Å². The summed E-state index contributed by atoms with van der Waals surface area (Å²) in [5, 5.41) is 2.90. The van der Waals surface area contributed by atoms with Gasteiger partial charge in [0.25, 0.3) is 0 Å². The van der Waals surface area contributed by atoms with Gasteiger partial charge in [-0.1, -0.05) is 6.42 Å². The number of benzene rings is 1. The molecule has 1 aliphatic rings. The van der Waals surface area contributed by atoms with E-state index < -0.39 is 0 Å². The summed E-state index contributed by atoms with van der Waals surface area (Å²) < 4.78 is 10.4. The Morgan fingerprint density at radius 1 is 1.15 bits per heavy atom. The lowest BCUT2D eigenvalue weighted by Crippen LogP contribution is -2.36. The van der Waals surface area contributed by atoms with Crippen molar-refractivity contribution >= 4 is 11.6 Å². The highest BCUT2D eigenvalue weighted by Crippen LogP contribution is 2.29. The van der Waals surface area contributed by atoms with Gasteiger partial charge in [0.05, 0.1) is 20.8 Å². The molecule has 20 heavy (non-hydrogen) atoms. The van der Waals surface area contributed by atoms with Gasteiger partial charge in [0, 0.05) is 11.8 Å². The molecule has 1 fully saturated rings. The Bertz CT molecular complexity index is 456. The van der Waals surface area contributed by atoms with Crippen molar-refractivity contribution in [1.82, 2.24) is 4.90 Å². The summed E-state index contributed by atoms with van der Waals surface area (Å²) in [4.78, 5) is 14.2. The number of carbonyl (C=O) groups excluding carboxylic acids is 1. The maximum atomic E-state index is 12.0. The van der Waals surface area contributed by atoms with Crippen molar-refractivity contribution in [3.63, 3.8) is 0 Å². The van der Waals surface area contributed by atoms with Crippen LogP contribution in [0.25, 0.3) is 0 Å². The molecule has 5 nitrogen and oxygen atoms in total. The average molecular weight is 278 g/mol. The molecule has 0 aliphatic carbocycles. The molecule has 1 saturated heterocycles. The standard InChI is InChI=1S/C15H22N2O3/c1-19-13-7-6-12(10-14(13)20-2)16-15(18)11-17-8-4-3-5-9-17/h6-7,10H,3-5,8-9,11H2,1-2H3,(H,16,18). The molecule has 1 N–H and O–H groups in total. The Hall–Kier alpha value is -1.75. The number of piperidine rings is 1. The zero-order chi connectivity index (χ0) is 14.4. The van der Waals surface area contributed by atoms with Gasteiger partial charge < -0.3 is 14.8 Å². The molecular formula is C15H22N2O3. The predicted octanol–water partition coefficient (Wildman–Crippen LogP) is 2.13. The third-order valence-electron chi connectivity index (χ3n) is 3.48. The number of anilines is 1. The summed E-state index contributed by atoms with van der Waals surface area (Å²) >= 11 is 0. The second kappa shape index (κ2) is 7.14. The quantitative estimate of drug-likeness (QED) is 0.896. The fourth-order valence-electron chi connectivity index (χ4n) is 2.44. The number of rotatable bonds is 5. The summed E-state index contributed by atoms with van der Waals surface area (Å²) in [6.07, 6.45) is 3.64. The molecule has 0 unspecified atom stereocenters. The zero-order valence-corrected chi connectivity index (χ0v) is 12.1. The molecule has 0 aromatic heterocycles. The number of carbonyl (C=O) groups is 1. The van der Waals surface area contributed by atoms with Gasteiger partial charge in [-0.15, -0.1) is 0 Å². The van der Waals surface area contributed by atoms with Gasteiger partial charge in [0.1, 0.15) is 0 Å². The van der Waals surface area contributed by atoms with Crippen molar-refractivity contribution in [2.75, 3.05) is 39.2 Å². The zero-order valence-electron chi connectivity index (χ0n) is 12.1. The highest BCUT2D eigenvalue weighted by Gasteiger charge is 2.14. The molecule has 110 valence electrons. The lowest BCUT2D eigenvalue weighted by molar-refractivity contribution is -0.117. The van der Waals surface area contributed by atoms with E-state index in [9.17, 15) is 4.79 Å². The van der Waals surface area contributed by atoms with Crippen molar-refractivity contribution in [3.05, 3.63) is 18.2 Å². The second-order valence-corrected chi connectivity index (χ2v) is 4.95. The van der Waals surface area contributed by atoms with Gasteiger partial charge in [-0.2, -0.15) is 0 Å². The molecule has 1 aromatic rings. The van der Waals surface area contributed by atoms with Crippen molar-refractivity contribution < 1.29 is 14.3 Å². The van der Waals surface area contributed by atoms with E-state index in [1.807, 2.05) is 6.07 Å². The van der Waals surface area contributed by atoms with Crippen LogP contribution in [0.4, 0.5) is 5.69 Å². The van der Waals surface area contributed by atoms with E-state index in [-0.39, 0.29) is 5.91 Å². The van der Waals surface area contributed by atoms with Crippen LogP contribution in [0.2, 0.25) is 0 Å². The third kappa shape index (κ3) is 3.87. The minimum atomic E-state index is 0.0131. The minimum Gasteiger partial charge on any atom is -0.493 e. The Labute approximate surface area is 119 Å². The van der Waals surface area contributed by atoms with E-state index in [1.54, 1.807) is 26.4 Å². The van der Waals surface area contributed by atoms with E-state index in [2.05, 4.69) is 10.2 Å². The van der Waals surface area contributed by atoms with Crippen LogP contribution in [0.5, 0.6) is 11.5 Å². The van der Waals surface area contributed by atoms with E-state index >= 15 is 0 Å². The number of nitrogens with zero attached hydrogens (tertiary/aromatic N) is 1. The van der Waals surface area contributed by atoms with Crippen molar-refractivity contribution in [2.24, 2.45) is 0 Å². The van der Waals surface area contributed by atoms with E-state index in [0.29, 0.717) is 18.0 Å². The van der Waals surface area contributed by atoms with E-state index in [0.717, 1.165) is 18.8 Å². The number of likely N-dealkylation sites (tertiary alicyclic amines) is 1. The van der Waals surface area contributed by atoms with Crippen LogP contribution >= 0.6 is 0 Å². The number of hydrogen-bond donors (Lipinski definition) is 1. The topological polar surface area (TPSA) is 50.8 Å². The highest BCUT2D eigenvalue weighted by atomic mass is 16.5. The summed E-state index contributed by atoms with van der Waals surface area (Å²) in [5.41, 5.74) is 0.727. The van der Waals surface area contributed by atoms with E-state index in [1.165, 1.54) is 19.3 Å². The lowest BCUT2D eigenvalue weighted by Gasteiger charge is -2.25. The molecule has 1 aromatic carbocycles. The summed E-state index contributed by atoms with van der Waals surface area (Å²) in [7, 11) is 3.17. The Balaban J connectivity index is 1.93. The molecule has 1 heterocycles. The molecule has 1 aliphatic heterocycles. The van der Waals surface area contributed by atoms with Crippen molar-refractivity contribution in [3.8, 4) is 11.5 Å². The number of nitrogens with one attached hydrogen (secondary N) is 1. The highest BCUT2D eigenvalue weighted by molar-refractivity contribution is 5.92. The number of methoxy groups -OCH3 is 2. The Kier molecular flexibility index (Phi) is 5.24. The Morgan fingerprint density at radius 3 is 2.50 bits per heavy atom. The number of ether oxygens (including phenoxy) is 2. The summed E-state index contributed by atoms with van der Waals surface area (Å²) in [6.45, 7) is 2.48. The first-order valence-electron chi connectivity index (χ1n) is 6.97. The molecule has 0 saturated carbocycles. The maximum absolute atomic E-state index is 12.0. The van der Waals surface area contributed by atoms with E-state index in [4.69, 9.17) is 9.47 Å². The fourth-order valence-corrected chi connectivity index (χ4v) is 2.44. The largest absolute Gasteiger partial charge is 0.493 e. The molecule has 0 atom stereocenters. The third-order valence-corrected chi connectivity index (χ3v) is 3.48. The normalized spacial score (nSPS) is 15.7. The van der Waals surface area contributed by atoms with Crippen molar-refractivity contribution in [1.29, 1.82) is 0 Å². The fraction of sp³-hybridized carbons (Fsp3) is 0.533. The minimum absolute atomic E-state index is 0.0131. The molecular weight excluding hydrogens is 256 g/mol. The molecule has 0 spiro atoms. The smallest absolute Gasteiger partial charge is 0.238 e. The first-order chi connectivity index (χ1) is 9.72. The molecule has 2 rings (SSSR count). The van der Waals surface area contributed by atoms with Gasteiger partial charge in [0.15, 0.2) is 11.5 Å². The Morgan fingerprint density at radius 2 is 1.85 bits per heavy atom. The van der Waals surface area contributed by atoms with Crippen LogP contribution in [0.15, 0.2) is 18.2 Å². The van der Waals surface area contributed by atoms with Crippen LogP contribution in [0.1, 0.15) is 19.3 Å². The van der Waals surface area contributed by atoms with Crippen molar-refractivity contribution in [2.45, 2.75) is 19.3 Å². The van der Waals surface area contributed by atoms with Gasteiger partial charge >= 0.3 is 0 Å². The average Bonchev–Trinajstić information content (AvgIpc) is 2.48. The second-order valence-electron chi connectivity index (χ2n) is 4.95. The summed E-state index contributed by atoms with van der Waals surface area (Å²) in [5.74, 6) is 1.28. The molecule has 0 bridgehead atoms. The molecule has 5 heteroatoms. The lowest BCUT2D eigenvalue weighted by atomic mass is 10.1. The van der Waals surface area contributed by atoms with Gasteiger partial charge in [-0.25, -0.2) is 0 Å². The SMILES string of the molecule is COc1ccc(NC(=O)CN2CCCCC2)cc1OC. The number of hydrogen-bond acceptors (Lipinski definition) is 4. The van der Waals surface area contributed by atoms with Gasteiger partial charge in [0.2, 0.25) is 5.91 Å². The monoisotopic (exact) mass is 278 g/mol. The van der Waals surface area contributed by atoms with Crippen LogP contribution in [0, 0.1) is 0 Å². The van der Waals surface area contributed by atoms with Crippen LogP contribution in [-0.4, -0.2) is 44.7 Å². The molecule has 0 radical (unpaired) electrons. The summed E-state index contributed by atoms with van der Waals surface area (Å²) in [6, 6.07) is 5.37. The first-order valence-corrected chi connectivity index (χ1v) is 6.97. The maximum Gasteiger partial charge on any atom is 0.238 e. The van der Waals surface area contributed by atoms with Gasteiger partial charge in [-0.3, -0.25) is 9.69 Å². The predicted molar refractivity (Wildman–Crippen MR) is 78.5 cm³/mol. The first kappa shape index (κ1) is 14.7. The van der Waals surface area contributed by atoms with Crippen LogP contribution < -0.4 is 14.8 Å².